The maximum atomic E-state index is 5.97. The molecule has 0 heterocycles. The Morgan fingerprint density at radius 2 is 1.69 bits per heavy atom. The van der Waals surface area contributed by atoms with Crippen LogP contribution in [0.2, 0.25) is 0 Å². The molecule has 0 bridgehead atoms. The molecule has 0 saturated heterocycles. The summed E-state index contributed by atoms with van der Waals surface area (Å²) >= 11 is 0. The van der Waals surface area contributed by atoms with E-state index in [0.717, 1.165) is 0 Å². The fraction of sp³-hybridized carbons (Fsp3) is 0.538. The predicted octanol–water partition coefficient (Wildman–Crippen LogP) is 3.44. The molecular weight excluding hydrogens is 217 g/mol. The average Bonchev–Trinajstić information content (AvgIpc) is 2.15. The van der Waals surface area contributed by atoms with Crippen LogP contribution >= 0.6 is 8.30 Å². The molecule has 0 saturated carbocycles. The van der Waals surface area contributed by atoms with E-state index in [1.54, 1.807) is 0 Å². The second-order valence-corrected chi connectivity index (χ2v) is 6.69. The summed E-state index contributed by atoms with van der Waals surface area (Å²) < 4.78 is 5.97. The third-order valence-corrected chi connectivity index (χ3v) is 4.02. The largest absolute Gasteiger partial charge is 0.337 e. The quantitative estimate of drug-likeness (QED) is 0.813. The van der Waals surface area contributed by atoms with Crippen LogP contribution in [-0.2, 0) is 4.52 Å². The molecule has 16 heavy (non-hydrogen) atoms. The summed E-state index contributed by atoms with van der Waals surface area (Å²) in [6.07, 6.45) is 0.237. The highest BCUT2D eigenvalue weighted by atomic mass is 31.2. The number of rotatable bonds is 4. The SMILES string of the molecule is CC(C)OP(NC(C)(C)C)c1ccccc1. The molecule has 1 unspecified atom stereocenters. The van der Waals surface area contributed by atoms with Crippen molar-refractivity contribution < 1.29 is 4.52 Å². The van der Waals surface area contributed by atoms with Crippen LogP contribution in [0.4, 0.5) is 0 Å². The average molecular weight is 239 g/mol. The first-order valence-electron chi connectivity index (χ1n) is 5.68. The van der Waals surface area contributed by atoms with Gasteiger partial charge in [-0.2, -0.15) is 0 Å². The van der Waals surface area contributed by atoms with Gasteiger partial charge in [-0.1, -0.05) is 30.3 Å². The normalized spacial score (nSPS) is 14.1. The van der Waals surface area contributed by atoms with Crippen LogP contribution in [0.5, 0.6) is 0 Å². The van der Waals surface area contributed by atoms with Gasteiger partial charge in [0.1, 0.15) is 8.30 Å². The van der Waals surface area contributed by atoms with Gasteiger partial charge in [-0.25, -0.2) is 0 Å². The standard InChI is InChI=1S/C13H22NOP/c1-11(2)15-16(14-13(3,4)5)12-9-7-6-8-10-12/h6-11,14H,1-5H3. The molecule has 0 aliphatic heterocycles. The Morgan fingerprint density at radius 3 is 2.12 bits per heavy atom. The zero-order chi connectivity index (χ0) is 12.2. The highest BCUT2D eigenvalue weighted by molar-refractivity contribution is 7.58. The van der Waals surface area contributed by atoms with E-state index in [0.29, 0.717) is 0 Å². The first kappa shape index (κ1) is 13.6. The van der Waals surface area contributed by atoms with Gasteiger partial charge in [-0.05, 0) is 34.6 Å². The van der Waals surface area contributed by atoms with E-state index in [4.69, 9.17) is 4.52 Å². The van der Waals surface area contributed by atoms with Crippen LogP contribution in [0.3, 0.4) is 0 Å². The van der Waals surface area contributed by atoms with Crippen molar-refractivity contribution in [3.8, 4) is 0 Å². The Hall–Kier alpha value is -0.430. The third kappa shape index (κ3) is 5.07. The lowest BCUT2D eigenvalue weighted by molar-refractivity contribution is 0.265. The molecule has 1 aromatic carbocycles. The summed E-state index contributed by atoms with van der Waals surface area (Å²) in [6.45, 7) is 10.6. The van der Waals surface area contributed by atoms with E-state index < -0.39 is 8.30 Å². The second-order valence-electron chi connectivity index (χ2n) is 5.15. The van der Waals surface area contributed by atoms with Crippen LogP contribution in [0.15, 0.2) is 30.3 Å². The zero-order valence-corrected chi connectivity index (χ0v) is 11.7. The Morgan fingerprint density at radius 1 is 1.12 bits per heavy atom. The Labute approximate surface area is 100 Å². The summed E-state index contributed by atoms with van der Waals surface area (Å²) in [5, 5.41) is 4.78. The first-order chi connectivity index (χ1) is 7.38. The second kappa shape index (κ2) is 5.77. The molecule has 0 aliphatic rings. The lowest BCUT2D eigenvalue weighted by atomic mass is 10.1. The summed E-state index contributed by atoms with van der Waals surface area (Å²) in [5.41, 5.74) is 0.0659. The highest BCUT2D eigenvalue weighted by Gasteiger charge is 2.20. The van der Waals surface area contributed by atoms with Crippen molar-refractivity contribution in [1.82, 2.24) is 5.09 Å². The van der Waals surface area contributed by atoms with Gasteiger partial charge in [-0.15, -0.1) is 0 Å². The summed E-state index contributed by atoms with van der Waals surface area (Å²) in [5.74, 6) is 0. The van der Waals surface area contributed by atoms with E-state index >= 15 is 0 Å². The molecular formula is C13H22NOP. The van der Waals surface area contributed by atoms with Gasteiger partial charge in [0.25, 0.3) is 0 Å². The molecule has 3 heteroatoms. The van der Waals surface area contributed by atoms with Crippen molar-refractivity contribution in [3.05, 3.63) is 30.3 Å². The molecule has 90 valence electrons. The minimum atomic E-state index is -0.733. The van der Waals surface area contributed by atoms with Gasteiger partial charge in [0, 0.05) is 10.8 Å². The molecule has 2 nitrogen and oxygen atoms in total. The van der Waals surface area contributed by atoms with Crippen LogP contribution in [-0.4, -0.2) is 11.6 Å². The van der Waals surface area contributed by atoms with Gasteiger partial charge in [0.05, 0.1) is 6.10 Å². The first-order valence-corrected chi connectivity index (χ1v) is 6.94. The van der Waals surface area contributed by atoms with Crippen LogP contribution in [0.25, 0.3) is 0 Å². The van der Waals surface area contributed by atoms with E-state index in [1.165, 1.54) is 5.30 Å². The van der Waals surface area contributed by atoms with Crippen molar-refractivity contribution in [2.45, 2.75) is 46.3 Å². The van der Waals surface area contributed by atoms with E-state index in [2.05, 4.69) is 64.0 Å². The topological polar surface area (TPSA) is 21.3 Å². The Balaban J connectivity index is 2.80. The molecule has 0 aliphatic carbocycles. The Bertz CT molecular complexity index is 305. The highest BCUT2D eigenvalue weighted by Crippen LogP contribution is 2.35. The number of hydrogen-bond acceptors (Lipinski definition) is 2. The number of nitrogens with one attached hydrogen (secondary N) is 1. The van der Waals surface area contributed by atoms with Crippen molar-refractivity contribution in [2.75, 3.05) is 0 Å². The molecule has 0 amide bonds. The predicted molar refractivity (Wildman–Crippen MR) is 72.1 cm³/mol. The van der Waals surface area contributed by atoms with Gasteiger partial charge in [-0.3, -0.25) is 5.09 Å². The van der Waals surface area contributed by atoms with E-state index in [-0.39, 0.29) is 11.6 Å². The smallest absolute Gasteiger partial charge is 0.135 e. The lowest BCUT2D eigenvalue weighted by Gasteiger charge is -2.29. The maximum Gasteiger partial charge on any atom is 0.135 e. The lowest BCUT2D eigenvalue weighted by Crippen LogP contribution is -2.35. The molecule has 1 atom stereocenters. The van der Waals surface area contributed by atoms with Crippen LogP contribution in [0.1, 0.15) is 34.6 Å². The molecule has 1 rings (SSSR count). The molecule has 0 spiro atoms. The van der Waals surface area contributed by atoms with Gasteiger partial charge in [0.15, 0.2) is 0 Å². The summed E-state index contributed by atoms with van der Waals surface area (Å²) in [7, 11) is -0.733. The molecule has 0 radical (unpaired) electrons. The van der Waals surface area contributed by atoms with E-state index in [9.17, 15) is 0 Å². The molecule has 0 fully saturated rings. The molecule has 1 aromatic rings. The number of hydrogen-bond donors (Lipinski definition) is 1. The van der Waals surface area contributed by atoms with Crippen LogP contribution < -0.4 is 10.4 Å². The number of benzene rings is 1. The molecule has 0 aromatic heterocycles. The van der Waals surface area contributed by atoms with Gasteiger partial charge < -0.3 is 4.52 Å². The minimum Gasteiger partial charge on any atom is -0.337 e. The van der Waals surface area contributed by atoms with E-state index in [1.807, 2.05) is 6.07 Å². The third-order valence-electron chi connectivity index (χ3n) is 1.74. The zero-order valence-electron chi connectivity index (χ0n) is 10.8. The van der Waals surface area contributed by atoms with Gasteiger partial charge >= 0.3 is 0 Å². The fourth-order valence-corrected chi connectivity index (χ4v) is 3.01. The van der Waals surface area contributed by atoms with Crippen molar-refractivity contribution >= 4 is 13.6 Å². The maximum absolute atomic E-state index is 5.97. The minimum absolute atomic E-state index is 0.0659. The van der Waals surface area contributed by atoms with Crippen molar-refractivity contribution in [3.63, 3.8) is 0 Å². The Kier molecular flexibility index (Phi) is 4.91. The monoisotopic (exact) mass is 239 g/mol. The van der Waals surface area contributed by atoms with Crippen molar-refractivity contribution in [1.29, 1.82) is 0 Å². The molecule has 1 N–H and O–H groups in total. The van der Waals surface area contributed by atoms with Gasteiger partial charge in [0.2, 0.25) is 0 Å². The van der Waals surface area contributed by atoms with Crippen molar-refractivity contribution in [2.24, 2.45) is 0 Å². The summed E-state index contributed by atoms with van der Waals surface area (Å²) in [4.78, 5) is 0. The van der Waals surface area contributed by atoms with Crippen LogP contribution in [0, 0.1) is 0 Å². The summed E-state index contributed by atoms with van der Waals surface area (Å²) in [6, 6.07) is 10.4. The fourth-order valence-electron chi connectivity index (χ4n) is 1.23.